The first-order chi connectivity index (χ1) is 11.3. The molecule has 4 nitrogen and oxygen atoms in total. The van der Waals surface area contributed by atoms with E-state index in [4.69, 9.17) is 11.6 Å². The van der Waals surface area contributed by atoms with Crippen LogP contribution in [0.5, 0.6) is 0 Å². The average Bonchev–Trinajstić information content (AvgIpc) is 2.86. The van der Waals surface area contributed by atoms with E-state index in [2.05, 4.69) is 28.3 Å². The minimum absolute atomic E-state index is 0.282. The maximum Gasteiger partial charge on any atom is 0.166 e. The minimum Gasteiger partial charge on any atom is -0.390 e. The summed E-state index contributed by atoms with van der Waals surface area (Å²) in [6.07, 6.45) is 2.98. The smallest absolute Gasteiger partial charge is 0.166 e. The molecule has 3 N–H and O–H groups in total. The van der Waals surface area contributed by atoms with E-state index >= 15 is 0 Å². The maximum atomic E-state index is 9.96. The molecule has 1 aromatic heterocycles. The van der Waals surface area contributed by atoms with E-state index in [0.717, 1.165) is 53.6 Å². The molecule has 6 heteroatoms. The lowest BCUT2D eigenvalue weighted by atomic mass is 9.90. The second-order valence-corrected chi connectivity index (χ2v) is 9.24. The highest BCUT2D eigenvalue weighted by atomic mass is 35.5. The predicted octanol–water partition coefficient (Wildman–Crippen LogP) is 4.32. The lowest BCUT2D eigenvalue weighted by Crippen LogP contribution is -2.26. The van der Waals surface area contributed by atoms with E-state index in [1.54, 1.807) is 11.8 Å². The normalized spacial score (nSPS) is 18.2. The Bertz CT molecular complexity index is 704. The fraction of sp³-hybridized carbons (Fsp3) is 0.611. The highest BCUT2D eigenvalue weighted by Gasteiger charge is 2.21. The van der Waals surface area contributed by atoms with Crippen molar-refractivity contribution in [3.05, 3.63) is 22.7 Å². The molecule has 1 unspecified atom stereocenters. The van der Waals surface area contributed by atoms with Crippen LogP contribution in [0.25, 0.3) is 11.0 Å². The number of aromatic amines is 1. The summed E-state index contributed by atoms with van der Waals surface area (Å²) in [4.78, 5) is 8.07. The summed E-state index contributed by atoms with van der Waals surface area (Å²) < 4.78 is 0. The monoisotopic (exact) mass is 367 g/mol. The van der Waals surface area contributed by atoms with E-state index in [-0.39, 0.29) is 5.25 Å². The molecule has 1 aliphatic heterocycles. The number of aliphatic hydroxyl groups is 1. The number of halogens is 1. The first-order valence-electron chi connectivity index (χ1n) is 8.61. The first-order valence-corrected chi connectivity index (χ1v) is 9.86. The van der Waals surface area contributed by atoms with Crippen molar-refractivity contribution in [3.63, 3.8) is 0 Å². The summed E-state index contributed by atoms with van der Waals surface area (Å²) in [6, 6.07) is 4.15. The summed E-state index contributed by atoms with van der Waals surface area (Å²) in [5, 5.41) is 15.3. The Morgan fingerprint density at radius 1 is 1.38 bits per heavy atom. The summed E-state index contributed by atoms with van der Waals surface area (Å²) >= 11 is 8.19. The van der Waals surface area contributed by atoms with Gasteiger partial charge in [-0.3, -0.25) is 0 Å². The number of imidazole rings is 1. The quantitative estimate of drug-likeness (QED) is 0.688. The minimum atomic E-state index is -0.663. The van der Waals surface area contributed by atoms with Gasteiger partial charge in [-0.2, -0.15) is 0 Å². The maximum absolute atomic E-state index is 9.96. The third-order valence-corrected chi connectivity index (χ3v) is 5.77. The van der Waals surface area contributed by atoms with Gasteiger partial charge in [-0.15, -0.1) is 0 Å². The molecule has 1 saturated heterocycles. The van der Waals surface area contributed by atoms with Crippen LogP contribution >= 0.6 is 23.4 Å². The number of nitrogens with one attached hydrogen (secondary N) is 2. The lowest BCUT2D eigenvalue weighted by molar-refractivity contribution is 0.0718. The molecule has 1 atom stereocenters. The molecule has 0 saturated carbocycles. The van der Waals surface area contributed by atoms with Gasteiger partial charge in [0.05, 0.1) is 16.6 Å². The van der Waals surface area contributed by atoms with Gasteiger partial charge in [0, 0.05) is 10.3 Å². The zero-order valence-corrected chi connectivity index (χ0v) is 16.1. The van der Waals surface area contributed by atoms with Gasteiger partial charge in [0.25, 0.3) is 0 Å². The van der Waals surface area contributed by atoms with Crippen LogP contribution in [0.4, 0.5) is 0 Å². The van der Waals surface area contributed by atoms with Crippen LogP contribution in [0.3, 0.4) is 0 Å². The van der Waals surface area contributed by atoms with Gasteiger partial charge >= 0.3 is 0 Å². The molecule has 24 heavy (non-hydrogen) atoms. The molecular weight excluding hydrogens is 342 g/mol. The number of hydrogen-bond donors (Lipinski definition) is 3. The van der Waals surface area contributed by atoms with Gasteiger partial charge in [-0.1, -0.05) is 30.3 Å². The lowest BCUT2D eigenvalue weighted by Gasteiger charge is -2.23. The molecule has 0 amide bonds. The third kappa shape index (κ3) is 4.45. The number of piperidine rings is 1. The van der Waals surface area contributed by atoms with Crippen LogP contribution in [0.1, 0.15) is 51.5 Å². The SMILES string of the molecule is CC(CC(C)(C)O)Sc1nc2cc(Cl)c(C3CCNCC3)cc2[nH]1. The summed E-state index contributed by atoms with van der Waals surface area (Å²) in [5.41, 5.74) is 2.53. The largest absolute Gasteiger partial charge is 0.390 e. The number of benzene rings is 1. The topological polar surface area (TPSA) is 60.9 Å². The van der Waals surface area contributed by atoms with E-state index < -0.39 is 5.60 Å². The van der Waals surface area contributed by atoms with Crippen LogP contribution in [0, 0.1) is 0 Å². The molecule has 1 aliphatic rings. The molecular formula is C18H26ClN3OS. The van der Waals surface area contributed by atoms with Gasteiger partial charge in [0.1, 0.15) is 0 Å². The van der Waals surface area contributed by atoms with Crippen LogP contribution in [0.2, 0.25) is 5.02 Å². The zero-order chi connectivity index (χ0) is 17.3. The van der Waals surface area contributed by atoms with E-state index in [0.29, 0.717) is 5.92 Å². The molecule has 1 fully saturated rings. The van der Waals surface area contributed by atoms with E-state index in [9.17, 15) is 5.11 Å². The summed E-state index contributed by atoms with van der Waals surface area (Å²) in [6.45, 7) is 7.90. The molecule has 0 bridgehead atoms. The molecule has 0 aliphatic carbocycles. The zero-order valence-electron chi connectivity index (χ0n) is 14.5. The van der Waals surface area contributed by atoms with E-state index in [1.165, 1.54) is 5.56 Å². The van der Waals surface area contributed by atoms with Crippen LogP contribution in [-0.2, 0) is 0 Å². The van der Waals surface area contributed by atoms with Crippen molar-refractivity contribution in [2.75, 3.05) is 13.1 Å². The fourth-order valence-electron chi connectivity index (χ4n) is 3.46. The molecule has 1 aromatic carbocycles. The number of hydrogen-bond acceptors (Lipinski definition) is 4. The highest BCUT2D eigenvalue weighted by molar-refractivity contribution is 7.99. The Morgan fingerprint density at radius 2 is 2.08 bits per heavy atom. The van der Waals surface area contributed by atoms with Gasteiger partial charge in [-0.25, -0.2) is 4.98 Å². The molecule has 132 valence electrons. The number of thioether (sulfide) groups is 1. The van der Waals surface area contributed by atoms with Crippen molar-refractivity contribution in [2.24, 2.45) is 0 Å². The van der Waals surface area contributed by atoms with E-state index in [1.807, 2.05) is 19.9 Å². The molecule has 3 rings (SSSR count). The van der Waals surface area contributed by atoms with Crippen molar-refractivity contribution < 1.29 is 5.11 Å². The Morgan fingerprint density at radius 3 is 2.75 bits per heavy atom. The Hall–Kier alpha value is -0.750. The Labute approximate surface area is 152 Å². The van der Waals surface area contributed by atoms with Gasteiger partial charge in [0.2, 0.25) is 0 Å². The second kappa shape index (κ2) is 7.24. The summed E-state index contributed by atoms with van der Waals surface area (Å²) in [5.74, 6) is 0.525. The number of rotatable bonds is 5. The molecule has 0 spiro atoms. The standard InChI is InChI=1S/C18H26ClN3OS/c1-11(10-18(2,3)23)24-17-21-15-8-13(12-4-6-20-7-5-12)14(19)9-16(15)22-17/h8-9,11-12,20,23H,4-7,10H2,1-3H3,(H,21,22). The number of nitrogens with zero attached hydrogens (tertiary/aromatic N) is 1. The predicted molar refractivity (Wildman–Crippen MR) is 102 cm³/mol. The van der Waals surface area contributed by atoms with Crippen LogP contribution < -0.4 is 5.32 Å². The van der Waals surface area contributed by atoms with Crippen molar-refractivity contribution >= 4 is 34.4 Å². The van der Waals surface area contributed by atoms with Gasteiger partial charge in [-0.05, 0) is 69.8 Å². The Balaban J connectivity index is 1.80. The van der Waals surface area contributed by atoms with Gasteiger partial charge < -0.3 is 15.4 Å². The number of H-pyrrole nitrogens is 1. The molecule has 2 heterocycles. The van der Waals surface area contributed by atoms with Crippen molar-refractivity contribution in [1.82, 2.24) is 15.3 Å². The number of fused-ring (bicyclic) bond motifs is 1. The molecule has 2 aromatic rings. The number of aromatic nitrogens is 2. The first kappa shape index (κ1) is 18.1. The molecule has 0 radical (unpaired) electrons. The summed E-state index contributed by atoms with van der Waals surface area (Å²) in [7, 11) is 0. The fourth-order valence-corrected chi connectivity index (χ4v) is 4.97. The van der Waals surface area contributed by atoms with Crippen LogP contribution in [-0.4, -0.2) is 39.0 Å². The second-order valence-electron chi connectivity index (χ2n) is 7.40. The van der Waals surface area contributed by atoms with Crippen molar-refractivity contribution in [3.8, 4) is 0 Å². The average molecular weight is 368 g/mol. The third-order valence-electron chi connectivity index (χ3n) is 4.46. The Kier molecular flexibility index (Phi) is 5.45. The van der Waals surface area contributed by atoms with Crippen molar-refractivity contribution in [2.45, 2.75) is 62.0 Å². The van der Waals surface area contributed by atoms with Crippen molar-refractivity contribution in [1.29, 1.82) is 0 Å². The van der Waals surface area contributed by atoms with Gasteiger partial charge in [0.15, 0.2) is 5.16 Å². The van der Waals surface area contributed by atoms with Crippen LogP contribution in [0.15, 0.2) is 17.3 Å². The highest BCUT2D eigenvalue weighted by Crippen LogP contribution is 2.35.